The summed E-state index contributed by atoms with van der Waals surface area (Å²) in [6, 6.07) is 57.1. The molecule has 0 saturated heterocycles. The molecule has 0 unspecified atom stereocenters. The summed E-state index contributed by atoms with van der Waals surface area (Å²) in [5, 5.41) is 10.7. The molecule has 2 nitrogen and oxygen atoms in total. The average Bonchev–Trinajstić information content (AvgIpc) is 3.56. The number of aromatic nitrogens is 2. The van der Waals surface area contributed by atoms with E-state index in [2.05, 4.69) is 182 Å². The predicted molar refractivity (Wildman–Crippen MR) is 213 cm³/mol. The van der Waals surface area contributed by atoms with Crippen LogP contribution in [0.5, 0.6) is 0 Å². The van der Waals surface area contributed by atoms with Crippen LogP contribution in [0.25, 0.3) is 94.8 Å². The zero-order chi connectivity index (χ0) is 33.3. The number of imidazole rings is 1. The minimum Gasteiger partial charge on any atom is -0.292 e. The minimum absolute atomic E-state index is 0.890. The van der Waals surface area contributed by atoms with Crippen LogP contribution in [-0.2, 0) is 0 Å². The zero-order valence-corrected chi connectivity index (χ0v) is 27.7. The number of rotatable bonds is 3. The maximum absolute atomic E-state index is 5.09. The predicted octanol–water partition coefficient (Wildman–Crippen LogP) is 11.0. The van der Waals surface area contributed by atoms with Gasteiger partial charge in [-0.1, -0.05) is 140 Å². The van der Waals surface area contributed by atoms with Gasteiger partial charge < -0.3 is 0 Å². The van der Waals surface area contributed by atoms with E-state index in [1.807, 2.05) is 0 Å². The SMILES string of the molecule is C=c1/c(=C\c2ccccc2C)c2cc(-c3c4ccccc4c(-c4cccc5ccccc45)c4ccccc34)ccc2n2c1nc1ccccc12. The summed E-state index contributed by atoms with van der Waals surface area (Å²) in [5.74, 6) is 0. The average molecular weight is 637 g/mol. The van der Waals surface area contributed by atoms with Crippen molar-refractivity contribution in [1.29, 1.82) is 0 Å². The van der Waals surface area contributed by atoms with E-state index in [1.54, 1.807) is 0 Å². The van der Waals surface area contributed by atoms with E-state index in [4.69, 9.17) is 4.98 Å². The smallest absolute Gasteiger partial charge is 0.145 e. The topological polar surface area (TPSA) is 17.3 Å². The Bertz CT molecular complexity index is 3070. The van der Waals surface area contributed by atoms with Crippen molar-refractivity contribution in [3.63, 3.8) is 0 Å². The van der Waals surface area contributed by atoms with E-state index in [0.717, 1.165) is 38.0 Å². The normalized spacial score (nSPS) is 12.3. The Morgan fingerprint density at radius 2 is 1.16 bits per heavy atom. The van der Waals surface area contributed by atoms with Gasteiger partial charge in [-0.2, -0.15) is 0 Å². The number of hydrogen-bond acceptors (Lipinski definition) is 1. The van der Waals surface area contributed by atoms with Gasteiger partial charge in [-0.3, -0.25) is 4.40 Å². The number of pyridine rings is 1. The molecule has 0 radical (unpaired) electrons. The highest BCUT2D eigenvalue weighted by atomic mass is 15.0. The summed E-state index contributed by atoms with van der Waals surface area (Å²) in [4.78, 5) is 5.09. The number of hydrogen-bond donors (Lipinski definition) is 0. The van der Waals surface area contributed by atoms with Gasteiger partial charge >= 0.3 is 0 Å². The van der Waals surface area contributed by atoms with Gasteiger partial charge in [0.2, 0.25) is 0 Å². The number of nitrogens with zero attached hydrogens (tertiary/aromatic N) is 2. The third-order valence-electron chi connectivity index (χ3n) is 10.5. The molecule has 0 atom stereocenters. The van der Waals surface area contributed by atoms with Gasteiger partial charge in [-0.15, -0.1) is 0 Å². The molecule has 2 heteroatoms. The summed E-state index contributed by atoms with van der Waals surface area (Å²) >= 11 is 0. The molecule has 0 spiro atoms. The Morgan fingerprint density at radius 1 is 0.540 bits per heavy atom. The third kappa shape index (κ3) is 4.18. The zero-order valence-electron chi connectivity index (χ0n) is 27.7. The molecule has 0 amide bonds. The van der Waals surface area contributed by atoms with E-state index >= 15 is 0 Å². The molecule has 8 aromatic carbocycles. The monoisotopic (exact) mass is 636 g/mol. The molecule has 0 aliphatic carbocycles. The Kier molecular flexibility index (Phi) is 6.28. The number of aryl methyl sites for hydroxylation is 1. The van der Waals surface area contributed by atoms with Crippen LogP contribution in [0, 0.1) is 6.92 Å². The van der Waals surface area contributed by atoms with Gasteiger partial charge in [0.15, 0.2) is 0 Å². The Morgan fingerprint density at radius 3 is 1.92 bits per heavy atom. The summed E-state index contributed by atoms with van der Waals surface area (Å²) in [6.07, 6.45) is 2.29. The fraction of sp³-hybridized carbons (Fsp3) is 0.0208. The number of para-hydroxylation sites is 2. The van der Waals surface area contributed by atoms with Crippen LogP contribution in [0.4, 0.5) is 0 Å². The molecule has 2 heterocycles. The van der Waals surface area contributed by atoms with E-state index < -0.39 is 0 Å². The standard InChI is InChI=1S/C48H32N2/c1-30-14-3-4-16-33(30)28-41-31(2)48-49-43-24-11-12-25-45(43)50(48)44-27-26-34(29-42(41)44)46-37-19-7-9-21-39(37)47(40-22-10-8-20-38(40)46)36-23-13-17-32-15-5-6-18-35(32)36/h3-29H,2H2,1H3/b41-28+. The maximum atomic E-state index is 5.09. The van der Waals surface area contributed by atoms with E-state index in [-0.39, 0.29) is 0 Å². The third-order valence-corrected chi connectivity index (χ3v) is 10.5. The first kappa shape index (κ1) is 28.5. The molecule has 0 saturated carbocycles. The van der Waals surface area contributed by atoms with Crippen molar-refractivity contribution in [1.82, 2.24) is 9.38 Å². The first-order chi connectivity index (χ1) is 24.7. The van der Waals surface area contributed by atoms with Crippen molar-refractivity contribution in [3.05, 3.63) is 179 Å². The summed E-state index contributed by atoms with van der Waals surface area (Å²) in [7, 11) is 0. The largest absolute Gasteiger partial charge is 0.292 e. The lowest BCUT2D eigenvalue weighted by atomic mass is 9.84. The molecule has 0 aliphatic heterocycles. The molecule has 10 aromatic rings. The Hall–Kier alpha value is -6.51. The van der Waals surface area contributed by atoms with Gasteiger partial charge in [-0.05, 0) is 108 Å². The van der Waals surface area contributed by atoms with Crippen molar-refractivity contribution in [2.24, 2.45) is 0 Å². The van der Waals surface area contributed by atoms with Crippen molar-refractivity contribution >= 4 is 72.6 Å². The highest BCUT2D eigenvalue weighted by Gasteiger charge is 2.19. The van der Waals surface area contributed by atoms with Crippen LogP contribution in [-0.4, -0.2) is 9.38 Å². The molecule has 0 N–H and O–H groups in total. The van der Waals surface area contributed by atoms with Crippen LogP contribution < -0.4 is 10.4 Å². The lowest BCUT2D eigenvalue weighted by Gasteiger charge is -2.19. The number of fused-ring (bicyclic) bond motifs is 8. The van der Waals surface area contributed by atoms with Gasteiger partial charge in [0.05, 0.1) is 16.6 Å². The second kappa shape index (κ2) is 11.0. The van der Waals surface area contributed by atoms with Gasteiger partial charge in [0, 0.05) is 10.6 Å². The van der Waals surface area contributed by atoms with Crippen LogP contribution in [0.3, 0.4) is 0 Å². The van der Waals surface area contributed by atoms with Gasteiger partial charge in [-0.25, -0.2) is 4.98 Å². The van der Waals surface area contributed by atoms with Crippen LogP contribution in [0.2, 0.25) is 0 Å². The lowest BCUT2D eigenvalue weighted by Crippen LogP contribution is -2.27. The molecule has 10 rings (SSSR count). The fourth-order valence-corrected chi connectivity index (χ4v) is 8.10. The molecule has 234 valence electrons. The molecular weight excluding hydrogens is 605 g/mol. The quantitative estimate of drug-likeness (QED) is 0.176. The van der Waals surface area contributed by atoms with Gasteiger partial charge in [0.25, 0.3) is 0 Å². The van der Waals surface area contributed by atoms with Crippen LogP contribution >= 0.6 is 0 Å². The highest BCUT2D eigenvalue weighted by Crippen LogP contribution is 2.45. The molecular formula is C48H32N2. The lowest BCUT2D eigenvalue weighted by molar-refractivity contribution is 1.27. The van der Waals surface area contributed by atoms with Gasteiger partial charge in [0.1, 0.15) is 5.65 Å². The van der Waals surface area contributed by atoms with Crippen molar-refractivity contribution in [3.8, 4) is 22.3 Å². The summed E-state index contributed by atoms with van der Waals surface area (Å²) in [5.41, 5.74) is 11.4. The maximum Gasteiger partial charge on any atom is 0.145 e. The minimum atomic E-state index is 0.890. The molecule has 50 heavy (non-hydrogen) atoms. The van der Waals surface area contributed by atoms with E-state index in [9.17, 15) is 0 Å². The highest BCUT2D eigenvalue weighted by molar-refractivity contribution is 6.23. The summed E-state index contributed by atoms with van der Waals surface area (Å²) < 4.78 is 2.28. The second-order valence-electron chi connectivity index (χ2n) is 13.3. The molecule has 0 aliphatic rings. The summed E-state index contributed by atoms with van der Waals surface area (Å²) in [6.45, 7) is 6.84. The molecule has 0 bridgehead atoms. The second-order valence-corrected chi connectivity index (χ2v) is 13.3. The van der Waals surface area contributed by atoms with E-state index in [1.165, 1.54) is 65.7 Å². The van der Waals surface area contributed by atoms with Crippen molar-refractivity contribution < 1.29 is 0 Å². The van der Waals surface area contributed by atoms with Crippen LogP contribution in [0.15, 0.2) is 158 Å². The number of benzene rings is 8. The molecule has 0 fully saturated rings. The fourth-order valence-electron chi connectivity index (χ4n) is 8.10. The first-order valence-electron chi connectivity index (χ1n) is 17.2. The molecule has 2 aromatic heterocycles. The van der Waals surface area contributed by atoms with Crippen molar-refractivity contribution in [2.75, 3.05) is 0 Å². The van der Waals surface area contributed by atoms with E-state index in [0.29, 0.717) is 0 Å². The van der Waals surface area contributed by atoms with Crippen molar-refractivity contribution in [2.45, 2.75) is 6.92 Å². The Labute approximate surface area is 289 Å². The Balaban J connectivity index is 1.35. The van der Waals surface area contributed by atoms with Crippen LogP contribution in [0.1, 0.15) is 11.1 Å². The first-order valence-corrected chi connectivity index (χ1v) is 17.2.